The number of hydrogen-bond acceptors (Lipinski definition) is 3. The normalized spacial score (nSPS) is 18.2. The molecule has 0 amide bonds. The molecular formula is C6H19N2O3P. The molecule has 12 heavy (non-hydrogen) atoms. The predicted octanol–water partition coefficient (Wildman–Crippen LogP) is 1.04. The van der Waals surface area contributed by atoms with Crippen LogP contribution in [0.15, 0.2) is 0 Å². The molecule has 0 atom stereocenters. The molecule has 1 rings (SSSR count). The second kappa shape index (κ2) is 7.86. The van der Waals surface area contributed by atoms with Crippen molar-refractivity contribution in [2.24, 2.45) is 0 Å². The Bertz CT molecular complexity index is 98.8. The largest absolute Gasteiger partial charge is 0.820 e. The topological polar surface area (TPSA) is 128 Å². The van der Waals surface area contributed by atoms with Gasteiger partial charge in [0, 0.05) is 0 Å². The Morgan fingerprint density at radius 2 is 1.50 bits per heavy atom. The molecule has 0 aromatic heterocycles. The van der Waals surface area contributed by atoms with Gasteiger partial charge in [-0.15, -0.1) is 0 Å². The van der Waals surface area contributed by atoms with Gasteiger partial charge in [-0.05, 0) is 12.8 Å². The summed E-state index contributed by atoms with van der Waals surface area (Å²) in [6.45, 7) is 0. The smallest absolute Gasteiger partial charge is 0.0585 e. The third-order valence-corrected chi connectivity index (χ3v) is 2.26. The Labute approximate surface area is 74.3 Å². The fourth-order valence-corrected chi connectivity index (χ4v) is 1.75. The lowest BCUT2D eigenvalue weighted by Crippen LogP contribution is -2.20. The van der Waals surface area contributed by atoms with Crippen molar-refractivity contribution in [1.29, 1.82) is 0 Å². The summed E-state index contributed by atoms with van der Waals surface area (Å²) < 4.78 is 4.64. The molecule has 1 aliphatic carbocycles. The summed E-state index contributed by atoms with van der Waals surface area (Å²) in [6, 6.07) is 0. The van der Waals surface area contributed by atoms with Crippen LogP contribution in [0.2, 0.25) is 0 Å². The lowest BCUT2D eigenvalue weighted by molar-refractivity contribution is -0.321. The Morgan fingerprint density at radius 1 is 1.00 bits per heavy atom. The molecule has 0 bridgehead atoms. The molecule has 5 nitrogen and oxygen atoms in total. The summed E-state index contributed by atoms with van der Waals surface area (Å²) in [6.07, 6.45) is 5.22. The minimum absolute atomic E-state index is 0. The first-order valence-electron chi connectivity index (χ1n) is 3.60. The second-order valence-corrected chi connectivity index (χ2v) is 3.25. The average molecular weight is 198 g/mol. The molecule has 1 aliphatic rings. The van der Waals surface area contributed by atoms with Gasteiger partial charge in [0.2, 0.25) is 0 Å². The molecule has 0 aliphatic heterocycles. The van der Waals surface area contributed by atoms with Gasteiger partial charge in [-0.3, -0.25) is 0 Å². The fourth-order valence-electron chi connectivity index (χ4n) is 1.29. The van der Waals surface area contributed by atoms with Crippen molar-refractivity contribution >= 4 is 8.60 Å². The highest BCUT2D eigenvalue weighted by molar-refractivity contribution is 7.36. The molecule has 0 saturated heterocycles. The second-order valence-electron chi connectivity index (χ2n) is 2.59. The average Bonchev–Trinajstić information content (AvgIpc) is 1.88. The number of quaternary nitrogens is 2. The predicted molar refractivity (Wildman–Crippen MR) is 46.8 cm³/mol. The van der Waals surface area contributed by atoms with Gasteiger partial charge < -0.3 is 26.6 Å². The van der Waals surface area contributed by atoms with E-state index in [4.69, 9.17) is 0 Å². The summed E-state index contributed by atoms with van der Waals surface area (Å²) >= 11 is 0. The monoisotopic (exact) mass is 198 g/mol. The maximum Gasteiger partial charge on any atom is 0.0585 e. The maximum atomic E-state index is 10.1. The van der Waals surface area contributed by atoms with Gasteiger partial charge >= 0.3 is 0 Å². The summed E-state index contributed by atoms with van der Waals surface area (Å²) in [5.74, 6) is 0. The van der Waals surface area contributed by atoms with Gasteiger partial charge in [-0.25, -0.2) is 0 Å². The van der Waals surface area contributed by atoms with Crippen LogP contribution in [0.5, 0.6) is 0 Å². The van der Waals surface area contributed by atoms with Crippen LogP contribution >= 0.6 is 8.60 Å². The highest BCUT2D eigenvalue weighted by atomic mass is 31.2. The van der Waals surface area contributed by atoms with Crippen molar-refractivity contribution in [3.8, 4) is 0 Å². The van der Waals surface area contributed by atoms with E-state index in [1.54, 1.807) is 0 Å². The molecule has 1 fully saturated rings. The zero-order chi connectivity index (χ0) is 7.40. The molecule has 0 aromatic carbocycles. The van der Waals surface area contributed by atoms with Crippen molar-refractivity contribution in [3.63, 3.8) is 0 Å². The van der Waals surface area contributed by atoms with Crippen molar-refractivity contribution in [2.45, 2.75) is 38.2 Å². The molecule has 1 saturated carbocycles. The molecule has 0 unspecified atom stereocenters. The third-order valence-electron chi connectivity index (χ3n) is 1.79. The zero-order valence-electron chi connectivity index (χ0n) is 7.78. The van der Waals surface area contributed by atoms with E-state index in [2.05, 4.69) is 4.52 Å². The standard InChI is InChI=1S/C6H11O3P.2H3N/c7-10(8)9-6-4-2-1-3-5-6;;/h6H,1-5H2;2*1H3/q-2;;/p+2. The molecule has 8 N–H and O–H groups in total. The molecule has 0 aromatic rings. The first-order chi connectivity index (χ1) is 4.79. The van der Waals surface area contributed by atoms with Crippen LogP contribution in [-0.4, -0.2) is 6.10 Å². The van der Waals surface area contributed by atoms with E-state index >= 15 is 0 Å². The lowest BCUT2D eigenvalue weighted by atomic mass is 9.98. The first-order valence-corrected chi connectivity index (χ1v) is 4.70. The number of rotatable bonds is 2. The van der Waals surface area contributed by atoms with Crippen LogP contribution in [-0.2, 0) is 4.52 Å². The minimum atomic E-state index is -2.62. The van der Waals surface area contributed by atoms with E-state index in [-0.39, 0.29) is 18.4 Å². The van der Waals surface area contributed by atoms with Crippen molar-refractivity contribution in [2.75, 3.05) is 0 Å². The molecule has 76 valence electrons. The summed E-state index contributed by atoms with van der Waals surface area (Å²) in [7, 11) is -2.62. The fraction of sp³-hybridized carbons (Fsp3) is 1.00. The van der Waals surface area contributed by atoms with E-state index in [9.17, 15) is 9.79 Å². The van der Waals surface area contributed by atoms with Crippen LogP contribution in [0.1, 0.15) is 32.1 Å². The van der Waals surface area contributed by atoms with E-state index in [0.29, 0.717) is 0 Å². The SMILES string of the molecule is [NH4+].[NH4+].[O-]P([O-])OC1CCCCC1. The summed E-state index contributed by atoms with van der Waals surface area (Å²) in [5, 5.41) is 0. The number of hydrogen-bond donors (Lipinski definition) is 2. The van der Waals surface area contributed by atoms with Crippen LogP contribution in [0.4, 0.5) is 0 Å². The highest BCUT2D eigenvalue weighted by Gasteiger charge is 2.11. The quantitative estimate of drug-likeness (QED) is 0.643. The van der Waals surface area contributed by atoms with E-state index in [1.807, 2.05) is 0 Å². The third kappa shape index (κ3) is 5.83. The zero-order valence-corrected chi connectivity index (χ0v) is 8.68. The van der Waals surface area contributed by atoms with Crippen molar-refractivity contribution in [1.82, 2.24) is 12.3 Å². The minimum Gasteiger partial charge on any atom is -0.820 e. The molecule has 0 heterocycles. The first kappa shape index (κ1) is 14.7. The van der Waals surface area contributed by atoms with Crippen molar-refractivity contribution in [3.05, 3.63) is 0 Å². The van der Waals surface area contributed by atoms with Gasteiger partial charge in [0.1, 0.15) is 0 Å². The van der Waals surface area contributed by atoms with E-state index < -0.39 is 8.60 Å². The van der Waals surface area contributed by atoms with Crippen LogP contribution in [0.3, 0.4) is 0 Å². The Balaban J connectivity index is 0. The van der Waals surface area contributed by atoms with Crippen LogP contribution in [0, 0.1) is 0 Å². The van der Waals surface area contributed by atoms with Gasteiger partial charge in [0.05, 0.1) is 6.10 Å². The van der Waals surface area contributed by atoms with Gasteiger partial charge in [0.25, 0.3) is 0 Å². The maximum absolute atomic E-state index is 10.1. The van der Waals surface area contributed by atoms with Crippen molar-refractivity contribution < 1.29 is 14.3 Å². The Hall–Kier alpha value is 0.230. The van der Waals surface area contributed by atoms with Crippen LogP contribution < -0.4 is 22.1 Å². The molecule has 6 heteroatoms. The van der Waals surface area contributed by atoms with E-state index in [1.165, 1.54) is 6.42 Å². The summed E-state index contributed by atoms with van der Waals surface area (Å²) in [5.41, 5.74) is 0. The molecular weight excluding hydrogens is 179 g/mol. The van der Waals surface area contributed by atoms with E-state index in [0.717, 1.165) is 25.7 Å². The Morgan fingerprint density at radius 3 is 1.92 bits per heavy atom. The summed E-state index contributed by atoms with van der Waals surface area (Å²) in [4.78, 5) is 20.2. The molecule has 0 radical (unpaired) electrons. The molecule has 0 spiro atoms. The lowest BCUT2D eigenvalue weighted by Gasteiger charge is -2.35. The highest BCUT2D eigenvalue weighted by Crippen LogP contribution is 2.27. The van der Waals surface area contributed by atoms with Gasteiger partial charge in [-0.2, -0.15) is 8.60 Å². The van der Waals surface area contributed by atoms with Gasteiger partial charge in [0.15, 0.2) is 0 Å². The van der Waals surface area contributed by atoms with Crippen LogP contribution in [0.25, 0.3) is 0 Å². The van der Waals surface area contributed by atoms with Gasteiger partial charge in [-0.1, -0.05) is 19.3 Å². The Kier molecular flexibility index (Phi) is 9.65.